The molecule has 0 spiro atoms. The van der Waals surface area contributed by atoms with E-state index < -0.39 is 0 Å². The van der Waals surface area contributed by atoms with Crippen molar-refractivity contribution in [1.29, 1.82) is 0 Å². The maximum atomic E-state index is 12.2. The summed E-state index contributed by atoms with van der Waals surface area (Å²) in [5, 5.41) is 3.44. The molecule has 0 saturated carbocycles. The van der Waals surface area contributed by atoms with Crippen LogP contribution in [0.1, 0.15) is 19.4 Å². The third kappa shape index (κ3) is 5.32. The lowest BCUT2D eigenvalue weighted by Crippen LogP contribution is -2.10. The van der Waals surface area contributed by atoms with Gasteiger partial charge in [0.05, 0.1) is 18.9 Å². The van der Waals surface area contributed by atoms with E-state index >= 15 is 0 Å². The minimum atomic E-state index is -0.260. The number of halogens is 1. The molecule has 2 rings (SSSR count). The normalized spacial score (nSPS) is 10.6. The van der Waals surface area contributed by atoms with Gasteiger partial charge in [0.2, 0.25) is 5.91 Å². The SMILES string of the molecule is CCOc1ccc(OCC)c(NC(=O)/C=C/c2cccc(Cl)c2)c1. The predicted molar refractivity (Wildman–Crippen MR) is 97.9 cm³/mol. The highest BCUT2D eigenvalue weighted by atomic mass is 35.5. The van der Waals surface area contributed by atoms with Crippen molar-refractivity contribution >= 4 is 29.3 Å². The fourth-order valence-corrected chi connectivity index (χ4v) is 2.30. The first kappa shape index (κ1) is 17.9. The minimum Gasteiger partial charge on any atom is -0.494 e. The predicted octanol–water partition coefficient (Wildman–Crippen LogP) is 4.79. The summed E-state index contributed by atoms with van der Waals surface area (Å²) in [6, 6.07) is 12.6. The van der Waals surface area contributed by atoms with E-state index in [1.165, 1.54) is 6.08 Å². The van der Waals surface area contributed by atoms with Crippen molar-refractivity contribution in [1.82, 2.24) is 0 Å². The number of hydrogen-bond acceptors (Lipinski definition) is 3. The highest BCUT2D eigenvalue weighted by Crippen LogP contribution is 2.29. The van der Waals surface area contributed by atoms with Crippen LogP contribution in [0.25, 0.3) is 6.08 Å². The van der Waals surface area contributed by atoms with E-state index in [-0.39, 0.29) is 5.91 Å². The van der Waals surface area contributed by atoms with Gasteiger partial charge in [0.1, 0.15) is 11.5 Å². The summed E-state index contributed by atoms with van der Waals surface area (Å²) in [4.78, 5) is 12.2. The van der Waals surface area contributed by atoms with E-state index in [1.807, 2.05) is 32.0 Å². The van der Waals surface area contributed by atoms with Gasteiger partial charge in [0, 0.05) is 17.2 Å². The molecule has 1 N–H and O–H groups in total. The van der Waals surface area contributed by atoms with Crippen LogP contribution in [0.2, 0.25) is 5.02 Å². The molecule has 2 aromatic carbocycles. The number of nitrogens with one attached hydrogen (secondary N) is 1. The third-order valence-corrected chi connectivity index (χ3v) is 3.33. The van der Waals surface area contributed by atoms with Crippen molar-refractivity contribution in [3.8, 4) is 11.5 Å². The number of carbonyl (C=O) groups is 1. The van der Waals surface area contributed by atoms with Gasteiger partial charge in [0.25, 0.3) is 0 Å². The van der Waals surface area contributed by atoms with Crippen molar-refractivity contribution < 1.29 is 14.3 Å². The van der Waals surface area contributed by atoms with Gasteiger partial charge in [-0.1, -0.05) is 23.7 Å². The lowest BCUT2D eigenvalue weighted by molar-refractivity contribution is -0.111. The Labute approximate surface area is 147 Å². The Morgan fingerprint density at radius 3 is 2.62 bits per heavy atom. The average molecular weight is 346 g/mol. The Morgan fingerprint density at radius 1 is 1.12 bits per heavy atom. The first-order chi connectivity index (χ1) is 11.6. The van der Waals surface area contributed by atoms with Gasteiger partial charge in [-0.2, -0.15) is 0 Å². The van der Waals surface area contributed by atoms with Crippen molar-refractivity contribution in [2.45, 2.75) is 13.8 Å². The van der Waals surface area contributed by atoms with Crippen molar-refractivity contribution in [3.63, 3.8) is 0 Å². The standard InChI is InChI=1S/C19H20ClNO3/c1-3-23-16-9-10-18(24-4-2)17(13-16)21-19(22)11-8-14-6-5-7-15(20)12-14/h5-13H,3-4H2,1-2H3,(H,21,22)/b11-8+. The van der Waals surface area contributed by atoms with Gasteiger partial charge in [0.15, 0.2) is 0 Å². The Kier molecular flexibility index (Phi) is 6.70. The van der Waals surface area contributed by atoms with Gasteiger partial charge in [-0.3, -0.25) is 4.79 Å². The Hall–Kier alpha value is -2.46. The first-order valence-corrected chi connectivity index (χ1v) is 8.14. The maximum Gasteiger partial charge on any atom is 0.248 e. The molecule has 2 aromatic rings. The maximum absolute atomic E-state index is 12.2. The molecule has 0 unspecified atom stereocenters. The molecule has 1 amide bonds. The number of benzene rings is 2. The highest BCUT2D eigenvalue weighted by molar-refractivity contribution is 6.30. The monoisotopic (exact) mass is 345 g/mol. The summed E-state index contributed by atoms with van der Waals surface area (Å²) in [6.45, 7) is 4.86. The Balaban J connectivity index is 2.13. The molecule has 0 aromatic heterocycles. The lowest BCUT2D eigenvalue weighted by Gasteiger charge is -2.12. The molecule has 0 aliphatic heterocycles. The number of rotatable bonds is 7. The molecule has 0 atom stereocenters. The molecular weight excluding hydrogens is 326 g/mol. The second kappa shape index (κ2) is 8.99. The van der Waals surface area contributed by atoms with Crippen LogP contribution < -0.4 is 14.8 Å². The van der Waals surface area contributed by atoms with Crippen LogP contribution in [0, 0.1) is 0 Å². The van der Waals surface area contributed by atoms with Crippen LogP contribution in [0.15, 0.2) is 48.5 Å². The molecule has 0 aliphatic carbocycles. The number of ether oxygens (including phenoxy) is 2. The van der Waals surface area contributed by atoms with Gasteiger partial charge in [-0.25, -0.2) is 0 Å². The Bertz CT molecular complexity index is 728. The molecule has 0 heterocycles. The van der Waals surface area contributed by atoms with E-state index in [4.69, 9.17) is 21.1 Å². The number of hydrogen-bond donors (Lipinski definition) is 1. The van der Waals surface area contributed by atoms with Gasteiger partial charge in [-0.15, -0.1) is 0 Å². The molecule has 126 valence electrons. The molecule has 5 heteroatoms. The lowest BCUT2D eigenvalue weighted by atomic mass is 10.2. The highest BCUT2D eigenvalue weighted by Gasteiger charge is 2.08. The molecule has 0 saturated heterocycles. The summed E-state index contributed by atoms with van der Waals surface area (Å²) in [6.07, 6.45) is 3.16. The topological polar surface area (TPSA) is 47.6 Å². The summed E-state index contributed by atoms with van der Waals surface area (Å²) < 4.78 is 11.0. The fraction of sp³-hybridized carbons (Fsp3) is 0.211. The molecule has 0 aliphatic rings. The molecule has 4 nitrogen and oxygen atoms in total. The first-order valence-electron chi connectivity index (χ1n) is 7.76. The van der Waals surface area contributed by atoms with Crippen LogP contribution in [0.3, 0.4) is 0 Å². The summed E-state index contributed by atoms with van der Waals surface area (Å²) in [5.41, 5.74) is 1.43. The summed E-state index contributed by atoms with van der Waals surface area (Å²) in [7, 11) is 0. The summed E-state index contributed by atoms with van der Waals surface area (Å²) in [5.74, 6) is 1.02. The molecule has 0 fully saturated rings. The number of amides is 1. The van der Waals surface area contributed by atoms with Crippen molar-refractivity contribution in [2.24, 2.45) is 0 Å². The second-order valence-corrected chi connectivity index (χ2v) is 5.34. The van der Waals surface area contributed by atoms with Crippen LogP contribution in [-0.4, -0.2) is 19.1 Å². The third-order valence-electron chi connectivity index (χ3n) is 3.10. The molecule has 0 radical (unpaired) electrons. The van der Waals surface area contributed by atoms with Crippen LogP contribution in [0.4, 0.5) is 5.69 Å². The molecule has 24 heavy (non-hydrogen) atoms. The van der Waals surface area contributed by atoms with Crippen molar-refractivity contribution in [3.05, 3.63) is 59.1 Å². The largest absolute Gasteiger partial charge is 0.494 e. The zero-order valence-electron chi connectivity index (χ0n) is 13.7. The van der Waals surface area contributed by atoms with E-state index in [9.17, 15) is 4.79 Å². The summed E-state index contributed by atoms with van der Waals surface area (Å²) >= 11 is 5.93. The smallest absolute Gasteiger partial charge is 0.248 e. The average Bonchev–Trinajstić information content (AvgIpc) is 2.56. The zero-order chi connectivity index (χ0) is 17.4. The van der Waals surface area contributed by atoms with E-state index in [0.29, 0.717) is 35.4 Å². The van der Waals surface area contributed by atoms with Gasteiger partial charge in [-0.05, 0) is 49.8 Å². The Morgan fingerprint density at radius 2 is 1.92 bits per heavy atom. The van der Waals surface area contributed by atoms with Gasteiger partial charge < -0.3 is 14.8 Å². The minimum absolute atomic E-state index is 0.260. The zero-order valence-corrected chi connectivity index (χ0v) is 14.5. The second-order valence-electron chi connectivity index (χ2n) is 4.90. The van der Waals surface area contributed by atoms with E-state index in [2.05, 4.69) is 5.32 Å². The molecule has 0 bridgehead atoms. The quantitative estimate of drug-likeness (QED) is 0.734. The van der Waals surface area contributed by atoms with Crippen molar-refractivity contribution in [2.75, 3.05) is 18.5 Å². The van der Waals surface area contributed by atoms with Crippen LogP contribution in [-0.2, 0) is 4.79 Å². The van der Waals surface area contributed by atoms with E-state index in [1.54, 1.807) is 30.3 Å². The number of anilines is 1. The van der Waals surface area contributed by atoms with E-state index in [0.717, 1.165) is 5.56 Å². The fourth-order valence-electron chi connectivity index (χ4n) is 2.10. The van der Waals surface area contributed by atoms with Crippen LogP contribution >= 0.6 is 11.6 Å². The van der Waals surface area contributed by atoms with Gasteiger partial charge >= 0.3 is 0 Å². The van der Waals surface area contributed by atoms with Crippen LogP contribution in [0.5, 0.6) is 11.5 Å². The molecular formula is C19H20ClNO3. The number of carbonyl (C=O) groups excluding carboxylic acids is 1.